The van der Waals surface area contributed by atoms with Gasteiger partial charge < -0.3 is 18.9 Å². The van der Waals surface area contributed by atoms with Gasteiger partial charge in [-0.1, -0.05) is 6.07 Å². The third kappa shape index (κ3) is 3.14. The molecule has 2 aromatic rings. The summed E-state index contributed by atoms with van der Waals surface area (Å²) in [5.74, 6) is 0.414. The zero-order valence-corrected chi connectivity index (χ0v) is 12.1. The number of nitrogens with zero attached hydrogens (tertiary/aromatic N) is 3. The van der Waals surface area contributed by atoms with E-state index < -0.39 is 4.92 Å². The average molecular weight is 307 g/mol. The predicted molar refractivity (Wildman–Crippen MR) is 74.9 cm³/mol. The maximum absolute atomic E-state index is 11.2. The van der Waals surface area contributed by atoms with E-state index in [2.05, 4.69) is 9.97 Å². The van der Waals surface area contributed by atoms with Crippen molar-refractivity contribution in [3.63, 3.8) is 0 Å². The molecule has 0 aliphatic heterocycles. The van der Waals surface area contributed by atoms with Crippen LogP contribution in [-0.2, 0) is 0 Å². The number of para-hydroxylation sites is 1. The van der Waals surface area contributed by atoms with Gasteiger partial charge in [-0.25, -0.2) is 0 Å². The number of hydrogen-bond donors (Lipinski definition) is 0. The molecule has 0 saturated heterocycles. The van der Waals surface area contributed by atoms with Crippen LogP contribution in [0.4, 0.5) is 5.69 Å². The van der Waals surface area contributed by atoms with Crippen LogP contribution < -0.4 is 18.9 Å². The second kappa shape index (κ2) is 6.57. The number of benzene rings is 1. The normalized spacial score (nSPS) is 9.95. The van der Waals surface area contributed by atoms with Gasteiger partial charge in [-0.2, -0.15) is 9.97 Å². The summed E-state index contributed by atoms with van der Waals surface area (Å²) in [7, 11) is 4.16. The summed E-state index contributed by atoms with van der Waals surface area (Å²) in [6, 6.07) is 5.73. The van der Waals surface area contributed by atoms with Gasteiger partial charge in [0.1, 0.15) is 0 Å². The van der Waals surface area contributed by atoms with Gasteiger partial charge in [0.25, 0.3) is 0 Å². The minimum atomic E-state index is -0.606. The molecule has 22 heavy (non-hydrogen) atoms. The van der Waals surface area contributed by atoms with E-state index in [-0.39, 0.29) is 35.0 Å². The lowest BCUT2D eigenvalue weighted by Crippen LogP contribution is -2.01. The Morgan fingerprint density at radius 3 is 2.09 bits per heavy atom. The highest BCUT2D eigenvalue weighted by Crippen LogP contribution is 2.38. The first-order valence-corrected chi connectivity index (χ1v) is 6.05. The minimum absolute atomic E-state index is 0.0559. The molecule has 0 N–H and O–H groups in total. The summed E-state index contributed by atoms with van der Waals surface area (Å²) >= 11 is 0. The van der Waals surface area contributed by atoms with Gasteiger partial charge in [-0.05, 0) is 12.1 Å². The molecule has 0 aliphatic carbocycles. The van der Waals surface area contributed by atoms with Crippen LogP contribution in [0.15, 0.2) is 24.3 Å². The average Bonchev–Trinajstić information content (AvgIpc) is 2.53. The molecule has 116 valence electrons. The fourth-order valence-corrected chi connectivity index (χ4v) is 1.67. The number of rotatable bonds is 6. The Hall–Kier alpha value is -3.10. The smallest absolute Gasteiger partial charge is 0.353 e. The van der Waals surface area contributed by atoms with Crippen molar-refractivity contribution < 1.29 is 23.9 Å². The number of nitro groups is 1. The first-order valence-electron chi connectivity index (χ1n) is 6.05. The van der Waals surface area contributed by atoms with Gasteiger partial charge in [-0.15, -0.1) is 0 Å². The molecule has 0 unspecified atom stereocenters. The molecular weight excluding hydrogens is 294 g/mol. The van der Waals surface area contributed by atoms with Crippen LogP contribution in [0.5, 0.6) is 29.3 Å². The Morgan fingerprint density at radius 1 is 1.00 bits per heavy atom. The molecule has 0 atom stereocenters. The first kappa shape index (κ1) is 15.3. The van der Waals surface area contributed by atoms with Gasteiger partial charge in [0, 0.05) is 0 Å². The Balaban J connectivity index is 2.45. The Labute approximate surface area is 125 Å². The largest absolute Gasteiger partial charge is 0.490 e. The van der Waals surface area contributed by atoms with E-state index in [1.165, 1.54) is 39.5 Å². The van der Waals surface area contributed by atoms with Crippen molar-refractivity contribution in [3.8, 4) is 29.3 Å². The van der Waals surface area contributed by atoms with Crippen LogP contribution in [0.2, 0.25) is 0 Å². The third-order valence-electron chi connectivity index (χ3n) is 2.64. The molecule has 0 amide bonds. The Morgan fingerprint density at radius 2 is 1.59 bits per heavy atom. The van der Waals surface area contributed by atoms with Gasteiger partial charge in [0.2, 0.25) is 23.3 Å². The maximum Gasteiger partial charge on any atom is 0.353 e. The standard InChI is InChI=1S/C13H13N3O6/c1-19-8-5-4-6-9(12(8)16(17)18)22-13-14-10(20-2)7-11(15-13)21-3/h4-7H,1-3H3. The highest BCUT2D eigenvalue weighted by atomic mass is 16.6. The summed E-state index contributed by atoms with van der Waals surface area (Å²) in [6.07, 6.45) is 0. The second-order valence-corrected chi connectivity index (χ2v) is 3.90. The number of nitro benzene ring substituents is 1. The third-order valence-corrected chi connectivity index (χ3v) is 2.64. The van der Waals surface area contributed by atoms with Crippen LogP contribution in [0.3, 0.4) is 0 Å². The highest BCUT2D eigenvalue weighted by Gasteiger charge is 2.23. The summed E-state index contributed by atoms with van der Waals surface area (Å²) in [6.45, 7) is 0. The molecule has 0 aliphatic rings. The van der Waals surface area contributed by atoms with E-state index in [1.807, 2.05) is 0 Å². The second-order valence-electron chi connectivity index (χ2n) is 3.90. The van der Waals surface area contributed by atoms with Gasteiger partial charge >= 0.3 is 11.7 Å². The van der Waals surface area contributed by atoms with Crippen LogP contribution in [-0.4, -0.2) is 36.2 Å². The molecule has 1 aromatic heterocycles. The van der Waals surface area contributed by atoms with Crippen molar-refractivity contribution in [2.24, 2.45) is 0 Å². The van der Waals surface area contributed by atoms with Crippen molar-refractivity contribution >= 4 is 5.69 Å². The monoisotopic (exact) mass is 307 g/mol. The number of ether oxygens (including phenoxy) is 4. The number of aromatic nitrogens is 2. The Bertz CT molecular complexity index is 669. The van der Waals surface area contributed by atoms with Crippen molar-refractivity contribution in [1.29, 1.82) is 0 Å². The lowest BCUT2D eigenvalue weighted by molar-refractivity contribution is -0.386. The summed E-state index contributed by atoms with van der Waals surface area (Å²) < 4.78 is 20.3. The highest BCUT2D eigenvalue weighted by molar-refractivity contribution is 5.57. The predicted octanol–water partition coefficient (Wildman–Crippen LogP) is 2.20. The number of hydrogen-bond acceptors (Lipinski definition) is 8. The fourth-order valence-electron chi connectivity index (χ4n) is 1.67. The molecule has 1 heterocycles. The quantitative estimate of drug-likeness (QED) is 0.590. The van der Waals surface area contributed by atoms with Gasteiger partial charge in [0.15, 0.2) is 0 Å². The molecule has 0 radical (unpaired) electrons. The molecule has 0 saturated carbocycles. The molecule has 0 bridgehead atoms. The maximum atomic E-state index is 11.2. The molecule has 9 nitrogen and oxygen atoms in total. The van der Waals surface area contributed by atoms with Gasteiger partial charge in [0.05, 0.1) is 32.3 Å². The topological polar surface area (TPSA) is 106 Å². The molecule has 0 fully saturated rings. The SMILES string of the molecule is COc1cc(OC)nc(Oc2cccc(OC)c2[N+](=O)[O-])n1. The van der Waals surface area contributed by atoms with E-state index in [4.69, 9.17) is 18.9 Å². The summed E-state index contributed by atoms with van der Waals surface area (Å²) in [4.78, 5) is 18.5. The van der Waals surface area contributed by atoms with E-state index in [1.54, 1.807) is 6.07 Å². The number of methoxy groups -OCH3 is 3. The molecule has 0 spiro atoms. The van der Waals surface area contributed by atoms with Crippen molar-refractivity contribution in [1.82, 2.24) is 9.97 Å². The molecule has 2 rings (SSSR count). The Kier molecular flexibility index (Phi) is 4.57. The van der Waals surface area contributed by atoms with Crippen LogP contribution >= 0.6 is 0 Å². The lowest BCUT2D eigenvalue weighted by Gasteiger charge is -2.09. The van der Waals surface area contributed by atoms with E-state index in [0.717, 1.165) is 0 Å². The van der Waals surface area contributed by atoms with Crippen LogP contribution in [0.25, 0.3) is 0 Å². The van der Waals surface area contributed by atoms with E-state index in [0.29, 0.717) is 0 Å². The summed E-state index contributed by atoms with van der Waals surface area (Å²) in [5.41, 5.74) is -0.324. The zero-order chi connectivity index (χ0) is 16.1. The van der Waals surface area contributed by atoms with E-state index in [9.17, 15) is 10.1 Å². The van der Waals surface area contributed by atoms with Crippen LogP contribution in [0, 0.1) is 10.1 Å². The fraction of sp³-hybridized carbons (Fsp3) is 0.231. The van der Waals surface area contributed by atoms with Crippen LogP contribution in [0.1, 0.15) is 0 Å². The summed E-state index contributed by atoms with van der Waals surface area (Å²) in [5, 5.41) is 11.2. The zero-order valence-electron chi connectivity index (χ0n) is 12.1. The molecular formula is C13H13N3O6. The minimum Gasteiger partial charge on any atom is -0.490 e. The van der Waals surface area contributed by atoms with Crippen molar-refractivity contribution in [3.05, 3.63) is 34.4 Å². The van der Waals surface area contributed by atoms with E-state index >= 15 is 0 Å². The lowest BCUT2D eigenvalue weighted by atomic mass is 10.2. The molecule has 9 heteroatoms. The first-order chi connectivity index (χ1) is 10.6. The molecule has 1 aromatic carbocycles. The van der Waals surface area contributed by atoms with Gasteiger partial charge in [-0.3, -0.25) is 10.1 Å². The van der Waals surface area contributed by atoms with Crippen molar-refractivity contribution in [2.45, 2.75) is 0 Å². The van der Waals surface area contributed by atoms with Crippen molar-refractivity contribution in [2.75, 3.05) is 21.3 Å².